The molecule has 1 atom stereocenters. The fourth-order valence-corrected chi connectivity index (χ4v) is 5.98. The van der Waals surface area contributed by atoms with Crippen molar-refractivity contribution >= 4 is 45.7 Å². The first kappa shape index (κ1) is 32.9. The number of aryl methyl sites for hydroxylation is 2. The molecule has 0 saturated carbocycles. The minimum atomic E-state index is -4.62. The standard InChI is InChI=1S/C32H35F3N6O4S/c1-18-15-24(39-25(42)16-32(33,34)35)21-10-6-7-11-22(21)26(18)44-28-27(46-19(2)37-28)23-12-13-36-29(40-23)38-20-9-8-14-41(17-20)30(43)45-31(3,4)5/h6-7,10-13,15,20H,8-9,14,16-17H2,1-5H3,(H,39,42)(H,36,38,40)/t20-/m0/s1. The molecule has 2 aromatic heterocycles. The maximum atomic E-state index is 12.8. The van der Waals surface area contributed by atoms with E-state index >= 15 is 0 Å². The van der Waals surface area contributed by atoms with E-state index in [4.69, 9.17) is 14.5 Å². The van der Waals surface area contributed by atoms with E-state index < -0.39 is 24.1 Å². The molecular formula is C32H35F3N6O4S. The normalized spacial score (nSPS) is 15.5. The van der Waals surface area contributed by atoms with Crippen molar-refractivity contribution in [1.82, 2.24) is 19.9 Å². The zero-order valence-corrected chi connectivity index (χ0v) is 26.9. The molecule has 4 aromatic rings. The van der Waals surface area contributed by atoms with Crippen LogP contribution in [0.5, 0.6) is 11.6 Å². The van der Waals surface area contributed by atoms with Crippen LogP contribution >= 0.6 is 11.3 Å². The Balaban J connectivity index is 1.38. The predicted octanol–water partition coefficient (Wildman–Crippen LogP) is 7.86. The van der Waals surface area contributed by atoms with Gasteiger partial charge in [-0.2, -0.15) is 13.2 Å². The molecule has 2 amide bonds. The summed E-state index contributed by atoms with van der Waals surface area (Å²) in [4.78, 5) is 40.8. The van der Waals surface area contributed by atoms with E-state index in [0.29, 0.717) is 57.6 Å². The molecule has 0 aliphatic carbocycles. The van der Waals surface area contributed by atoms with Crippen LogP contribution in [0.25, 0.3) is 21.3 Å². The number of fused-ring (bicyclic) bond motifs is 1. The van der Waals surface area contributed by atoms with Gasteiger partial charge in [0.1, 0.15) is 22.6 Å². The van der Waals surface area contributed by atoms with Gasteiger partial charge in [-0.05, 0) is 65.2 Å². The van der Waals surface area contributed by atoms with Crippen LogP contribution in [0.1, 0.15) is 50.6 Å². The van der Waals surface area contributed by atoms with Gasteiger partial charge in [0.15, 0.2) is 0 Å². The number of hydrogen-bond acceptors (Lipinski definition) is 9. The van der Waals surface area contributed by atoms with Gasteiger partial charge in [-0.25, -0.2) is 19.7 Å². The van der Waals surface area contributed by atoms with E-state index in [1.807, 2.05) is 27.7 Å². The molecule has 0 spiro atoms. The molecule has 2 N–H and O–H groups in total. The molecule has 2 aromatic carbocycles. The highest BCUT2D eigenvalue weighted by molar-refractivity contribution is 7.15. The number of rotatable bonds is 7. The molecule has 244 valence electrons. The maximum absolute atomic E-state index is 12.8. The molecule has 14 heteroatoms. The molecule has 1 saturated heterocycles. The smallest absolute Gasteiger partial charge is 0.410 e. The Morgan fingerprint density at radius 2 is 1.83 bits per heavy atom. The van der Waals surface area contributed by atoms with E-state index in [0.717, 1.165) is 17.8 Å². The summed E-state index contributed by atoms with van der Waals surface area (Å²) in [6, 6.07) is 10.3. The molecule has 5 rings (SSSR count). The number of carbonyl (C=O) groups is 2. The fraction of sp³-hybridized carbons (Fsp3) is 0.406. The van der Waals surface area contributed by atoms with Gasteiger partial charge in [0.05, 0.1) is 10.7 Å². The zero-order chi connectivity index (χ0) is 33.2. The largest absolute Gasteiger partial charge is 0.444 e. The Bertz CT molecular complexity index is 1750. The summed E-state index contributed by atoms with van der Waals surface area (Å²) in [5.74, 6) is 0.00375. The van der Waals surface area contributed by atoms with Crippen LogP contribution < -0.4 is 15.4 Å². The van der Waals surface area contributed by atoms with Crippen LogP contribution in [0.3, 0.4) is 0 Å². The molecule has 10 nitrogen and oxygen atoms in total. The average molecular weight is 657 g/mol. The molecule has 3 heterocycles. The molecule has 1 fully saturated rings. The second-order valence-corrected chi connectivity index (χ2v) is 13.3. The van der Waals surface area contributed by atoms with Gasteiger partial charge in [-0.1, -0.05) is 24.3 Å². The number of alkyl halides is 3. The van der Waals surface area contributed by atoms with Crippen molar-refractivity contribution in [3.63, 3.8) is 0 Å². The van der Waals surface area contributed by atoms with E-state index in [9.17, 15) is 22.8 Å². The van der Waals surface area contributed by atoms with Crippen molar-refractivity contribution < 1.29 is 32.2 Å². The van der Waals surface area contributed by atoms with Gasteiger partial charge in [-0.3, -0.25) is 4.79 Å². The summed E-state index contributed by atoms with van der Waals surface area (Å²) in [5.41, 5.74) is 0.843. The van der Waals surface area contributed by atoms with Gasteiger partial charge in [-0.15, -0.1) is 11.3 Å². The van der Waals surface area contributed by atoms with Gasteiger partial charge in [0, 0.05) is 41.8 Å². The second-order valence-electron chi connectivity index (χ2n) is 12.1. The predicted molar refractivity (Wildman–Crippen MR) is 170 cm³/mol. The lowest BCUT2D eigenvalue weighted by Crippen LogP contribution is -2.47. The third kappa shape index (κ3) is 8.22. The molecule has 0 radical (unpaired) electrons. The van der Waals surface area contributed by atoms with Crippen molar-refractivity contribution in [2.75, 3.05) is 23.7 Å². The van der Waals surface area contributed by atoms with Crippen LogP contribution in [-0.2, 0) is 9.53 Å². The first-order valence-electron chi connectivity index (χ1n) is 14.8. The Hall–Kier alpha value is -4.46. The van der Waals surface area contributed by atoms with Crippen LogP contribution in [0.4, 0.5) is 29.6 Å². The lowest BCUT2D eigenvalue weighted by Gasteiger charge is -2.34. The number of benzene rings is 2. The number of piperidine rings is 1. The third-order valence-corrected chi connectivity index (χ3v) is 7.99. The topological polar surface area (TPSA) is 119 Å². The fourth-order valence-electron chi connectivity index (χ4n) is 5.16. The first-order chi connectivity index (χ1) is 21.6. The number of thiazole rings is 1. The minimum Gasteiger partial charge on any atom is -0.444 e. The number of nitrogens with one attached hydrogen (secondary N) is 2. The van der Waals surface area contributed by atoms with E-state index in [-0.39, 0.29) is 17.8 Å². The molecule has 1 aliphatic heterocycles. The number of aromatic nitrogens is 3. The van der Waals surface area contributed by atoms with Crippen molar-refractivity contribution in [2.45, 2.75) is 71.7 Å². The highest BCUT2D eigenvalue weighted by atomic mass is 32.1. The number of carbonyl (C=O) groups excluding carboxylic acids is 2. The second kappa shape index (κ2) is 13.1. The van der Waals surface area contributed by atoms with Crippen molar-refractivity contribution in [3.05, 3.63) is 53.2 Å². The number of amides is 2. The monoisotopic (exact) mass is 656 g/mol. The third-order valence-electron chi connectivity index (χ3n) is 7.01. The highest BCUT2D eigenvalue weighted by Gasteiger charge is 2.32. The highest BCUT2D eigenvalue weighted by Crippen LogP contribution is 2.42. The minimum absolute atomic E-state index is 0.0698. The summed E-state index contributed by atoms with van der Waals surface area (Å²) in [7, 11) is 0. The molecule has 46 heavy (non-hydrogen) atoms. The number of likely N-dealkylation sites (tertiary alicyclic amines) is 1. The summed E-state index contributed by atoms with van der Waals surface area (Å²) < 4.78 is 50.4. The van der Waals surface area contributed by atoms with Crippen molar-refractivity contribution in [2.24, 2.45) is 0 Å². The van der Waals surface area contributed by atoms with E-state index in [1.54, 1.807) is 54.4 Å². The summed E-state index contributed by atoms with van der Waals surface area (Å²) >= 11 is 1.39. The molecule has 0 bridgehead atoms. The Kier molecular flexibility index (Phi) is 9.38. The molecular weight excluding hydrogens is 621 g/mol. The van der Waals surface area contributed by atoms with Crippen LogP contribution in [0, 0.1) is 13.8 Å². The number of ether oxygens (including phenoxy) is 2. The van der Waals surface area contributed by atoms with E-state index in [2.05, 4.69) is 20.6 Å². The van der Waals surface area contributed by atoms with Gasteiger partial charge >= 0.3 is 12.3 Å². The number of halogens is 3. The Labute approximate surface area is 268 Å². The summed E-state index contributed by atoms with van der Waals surface area (Å²) in [6.45, 7) is 10.2. The van der Waals surface area contributed by atoms with Crippen LogP contribution in [0.15, 0.2) is 42.6 Å². The van der Waals surface area contributed by atoms with E-state index in [1.165, 1.54) is 11.3 Å². The van der Waals surface area contributed by atoms with Gasteiger partial charge in [0.25, 0.3) is 0 Å². The summed E-state index contributed by atoms with van der Waals surface area (Å²) in [5, 5.41) is 7.59. The zero-order valence-electron chi connectivity index (χ0n) is 26.1. The molecule has 0 unspecified atom stereocenters. The lowest BCUT2D eigenvalue weighted by molar-refractivity contribution is -0.150. The van der Waals surface area contributed by atoms with Crippen molar-refractivity contribution in [1.29, 1.82) is 0 Å². The lowest BCUT2D eigenvalue weighted by atomic mass is 10.0. The Morgan fingerprint density at radius 1 is 1.09 bits per heavy atom. The van der Waals surface area contributed by atoms with Crippen molar-refractivity contribution in [3.8, 4) is 22.2 Å². The van der Waals surface area contributed by atoms with Gasteiger partial charge < -0.3 is 25.0 Å². The number of hydrogen-bond donors (Lipinski definition) is 2. The van der Waals surface area contributed by atoms with Crippen LogP contribution in [0.2, 0.25) is 0 Å². The SMILES string of the molecule is Cc1nc(Oc2c(C)cc(NC(=O)CC(F)(F)F)c3ccccc23)c(-c2ccnc(N[C@H]3CCCN(C(=O)OC(C)(C)C)C3)n2)s1. The summed E-state index contributed by atoms with van der Waals surface area (Å²) in [6.07, 6.45) is -3.28. The quantitative estimate of drug-likeness (QED) is 0.206. The maximum Gasteiger partial charge on any atom is 0.410 e. The van der Waals surface area contributed by atoms with Crippen LogP contribution in [-0.4, -0.2) is 62.8 Å². The molecule has 1 aliphatic rings. The Morgan fingerprint density at radius 3 is 2.54 bits per heavy atom. The number of anilines is 2. The van der Waals surface area contributed by atoms with Gasteiger partial charge in [0.2, 0.25) is 17.7 Å². The average Bonchev–Trinajstić information content (AvgIpc) is 3.33. The first-order valence-corrected chi connectivity index (χ1v) is 15.6. The number of nitrogens with zero attached hydrogens (tertiary/aromatic N) is 4.